The topological polar surface area (TPSA) is 77.2 Å². The molecule has 0 bridgehead atoms. The van der Waals surface area contributed by atoms with Gasteiger partial charge >= 0.3 is 0 Å². The molecule has 0 unspecified atom stereocenters. The molecule has 0 fully saturated rings. The summed E-state index contributed by atoms with van der Waals surface area (Å²) in [6.45, 7) is 0. The zero-order valence-corrected chi connectivity index (χ0v) is 13.6. The quantitative estimate of drug-likeness (QED) is 0.874. The Morgan fingerprint density at radius 2 is 1.77 bits per heavy atom. The average molecular weight is 333 g/mol. The Bertz CT molecular complexity index is 856. The SMILES string of the molecule is CS(=O)(=O)c1ccc(Sc2cc3c(cc2N)CCC3=O)cc1. The normalized spacial score (nSPS) is 14.1. The van der Waals surface area contributed by atoms with Crippen molar-refractivity contribution in [1.82, 2.24) is 0 Å². The second-order valence-corrected chi connectivity index (χ2v) is 8.45. The minimum Gasteiger partial charge on any atom is -0.398 e. The molecule has 0 radical (unpaired) electrons. The molecular weight excluding hydrogens is 318 g/mol. The summed E-state index contributed by atoms with van der Waals surface area (Å²) in [6, 6.07) is 10.4. The van der Waals surface area contributed by atoms with Crippen molar-refractivity contribution in [2.45, 2.75) is 27.5 Å². The standard InChI is InChI=1S/C16H15NO3S2/c1-22(19,20)12-5-3-11(4-6-12)21-16-9-13-10(8-14(16)17)2-7-15(13)18/h3-6,8-9H,2,7,17H2,1H3. The molecule has 22 heavy (non-hydrogen) atoms. The minimum atomic E-state index is -3.19. The Hall–Kier alpha value is -1.79. The second kappa shape index (κ2) is 5.44. The van der Waals surface area contributed by atoms with Crippen LogP contribution < -0.4 is 5.73 Å². The maximum absolute atomic E-state index is 11.8. The third kappa shape index (κ3) is 2.89. The smallest absolute Gasteiger partial charge is 0.175 e. The number of nitrogen functional groups attached to an aromatic ring is 1. The summed E-state index contributed by atoms with van der Waals surface area (Å²) in [7, 11) is -3.19. The maximum Gasteiger partial charge on any atom is 0.175 e. The van der Waals surface area contributed by atoms with Gasteiger partial charge in [0, 0.05) is 33.7 Å². The lowest BCUT2D eigenvalue weighted by atomic mass is 10.1. The van der Waals surface area contributed by atoms with E-state index in [0.29, 0.717) is 12.1 Å². The van der Waals surface area contributed by atoms with Crippen LogP contribution in [0.2, 0.25) is 0 Å². The van der Waals surface area contributed by atoms with Crippen molar-refractivity contribution in [3.8, 4) is 0 Å². The van der Waals surface area contributed by atoms with Crippen LogP contribution in [0.4, 0.5) is 5.69 Å². The van der Waals surface area contributed by atoms with Crippen molar-refractivity contribution in [3.63, 3.8) is 0 Å². The third-order valence-electron chi connectivity index (χ3n) is 3.64. The largest absolute Gasteiger partial charge is 0.398 e. The van der Waals surface area contributed by atoms with Gasteiger partial charge in [-0.25, -0.2) is 8.42 Å². The number of carbonyl (C=O) groups excluding carboxylic acids is 1. The van der Waals surface area contributed by atoms with E-state index in [-0.39, 0.29) is 10.7 Å². The van der Waals surface area contributed by atoms with Crippen LogP contribution in [-0.4, -0.2) is 20.5 Å². The number of anilines is 1. The highest BCUT2D eigenvalue weighted by Crippen LogP contribution is 2.36. The Kier molecular flexibility index (Phi) is 3.74. The molecule has 2 aromatic carbocycles. The molecule has 0 atom stereocenters. The highest BCUT2D eigenvalue weighted by molar-refractivity contribution is 7.99. The molecule has 6 heteroatoms. The van der Waals surface area contributed by atoms with Crippen LogP contribution in [-0.2, 0) is 16.3 Å². The van der Waals surface area contributed by atoms with E-state index in [9.17, 15) is 13.2 Å². The van der Waals surface area contributed by atoms with Crippen molar-refractivity contribution in [3.05, 3.63) is 47.5 Å². The van der Waals surface area contributed by atoms with Gasteiger partial charge in [0.05, 0.1) is 4.90 Å². The summed E-state index contributed by atoms with van der Waals surface area (Å²) < 4.78 is 22.9. The van der Waals surface area contributed by atoms with Gasteiger partial charge < -0.3 is 5.73 Å². The number of sulfone groups is 1. The minimum absolute atomic E-state index is 0.157. The highest BCUT2D eigenvalue weighted by Gasteiger charge is 2.21. The molecule has 114 valence electrons. The molecule has 0 saturated carbocycles. The molecule has 0 heterocycles. The van der Waals surface area contributed by atoms with Gasteiger partial charge in [-0.1, -0.05) is 11.8 Å². The number of ketones is 1. The number of rotatable bonds is 3. The van der Waals surface area contributed by atoms with Gasteiger partial charge in [-0.2, -0.15) is 0 Å². The summed E-state index contributed by atoms with van der Waals surface area (Å²) in [5.41, 5.74) is 8.47. The zero-order valence-electron chi connectivity index (χ0n) is 12.0. The van der Waals surface area contributed by atoms with Gasteiger partial charge in [-0.3, -0.25) is 4.79 Å². The third-order valence-corrected chi connectivity index (χ3v) is 5.85. The Balaban J connectivity index is 1.91. The number of hydrogen-bond acceptors (Lipinski definition) is 5. The fourth-order valence-corrected chi connectivity index (χ4v) is 3.97. The van der Waals surface area contributed by atoms with Gasteiger partial charge in [-0.05, 0) is 48.4 Å². The van der Waals surface area contributed by atoms with Gasteiger partial charge in [0.15, 0.2) is 15.6 Å². The van der Waals surface area contributed by atoms with Crippen molar-refractivity contribution in [2.75, 3.05) is 12.0 Å². The predicted molar refractivity (Wildman–Crippen MR) is 87.2 cm³/mol. The Morgan fingerprint density at radius 1 is 1.09 bits per heavy atom. The van der Waals surface area contributed by atoms with E-state index in [2.05, 4.69) is 0 Å². The first-order valence-electron chi connectivity index (χ1n) is 6.78. The monoisotopic (exact) mass is 333 g/mol. The molecule has 1 aliphatic carbocycles. The van der Waals surface area contributed by atoms with Gasteiger partial charge in [-0.15, -0.1) is 0 Å². The first-order chi connectivity index (χ1) is 10.3. The molecule has 0 saturated heterocycles. The summed E-state index contributed by atoms with van der Waals surface area (Å²) >= 11 is 1.43. The molecule has 2 aromatic rings. The van der Waals surface area contributed by atoms with E-state index < -0.39 is 9.84 Å². The van der Waals surface area contributed by atoms with Crippen LogP contribution in [0.15, 0.2) is 51.1 Å². The molecule has 0 aliphatic heterocycles. The van der Waals surface area contributed by atoms with Crippen molar-refractivity contribution in [1.29, 1.82) is 0 Å². The van der Waals surface area contributed by atoms with Crippen LogP contribution in [0.3, 0.4) is 0 Å². The summed E-state index contributed by atoms with van der Waals surface area (Å²) in [4.78, 5) is 13.8. The molecule has 0 spiro atoms. The van der Waals surface area contributed by atoms with E-state index in [1.807, 2.05) is 12.1 Å². The van der Waals surface area contributed by atoms with Crippen molar-refractivity contribution < 1.29 is 13.2 Å². The molecule has 0 amide bonds. The lowest BCUT2D eigenvalue weighted by Crippen LogP contribution is -1.97. The maximum atomic E-state index is 11.8. The average Bonchev–Trinajstić information content (AvgIpc) is 2.80. The number of benzene rings is 2. The van der Waals surface area contributed by atoms with E-state index in [0.717, 1.165) is 27.3 Å². The second-order valence-electron chi connectivity index (χ2n) is 5.32. The van der Waals surface area contributed by atoms with Gasteiger partial charge in [0.25, 0.3) is 0 Å². The first kappa shape index (κ1) is 15.1. The van der Waals surface area contributed by atoms with Crippen LogP contribution >= 0.6 is 11.8 Å². The van der Waals surface area contributed by atoms with Crippen LogP contribution in [0, 0.1) is 0 Å². The fraction of sp³-hybridized carbons (Fsp3) is 0.188. The lowest BCUT2D eigenvalue weighted by Gasteiger charge is -2.09. The summed E-state index contributed by atoms with van der Waals surface area (Å²) in [6.07, 6.45) is 2.48. The van der Waals surface area contributed by atoms with Crippen LogP contribution in [0.1, 0.15) is 22.3 Å². The van der Waals surface area contributed by atoms with Crippen molar-refractivity contribution >= 4 is 33.1 Å². The molecule has 2 N–H and O–H groups in total. The fourth-order valence-electron chi connectivity index (χ4n) is 2.46. The number of nitrogens with two attached hydrogens (primary N) is 1. The number of carbonyl (C=O) groups is 1. The molecule has 4 nitrogen and oxygen atoms in total. The summed E-state index contributed by atoms with van der Waals surface area (Å²) in [5, 5.41) is 0. The number of Topliss-reactive ketones (excluding diaryl/α,β-unsaturated/α-hetero) is 1. The van der Waals surface area contributed by atoms with E-state index in [1.165, 1.54) is 18.0 Å². The Morgan fingerprint density at radius 3 is 2.41 bits per heavy atom. The van der Waals surface area contributed by atoms with Crippen LogP contribution in [0.5, 0.6) is 0 Å². The molecule has 0 aromatic heterocycles. The molecule has 1 aliphatic rings. The van der Waals surface area contributed by atoms with Crippen molar-refractivity contribution in [2.24, 2.45) is 0 Å². The van der Waals surface area contributed by atoms with Gasteiger partial charge in [0.1, 0.15) is 0 Å². The van der Waals surface area contributed by atoms with Gasteiger partial charge in [0.2, 0.25) is 0 Å². The number of fused-ring (bicyclic) bond motifs is 1. The van der Waals surface area contributed by atoms with E-state index in [1.54, 1.807) is 24.3 Å². The number of hydrogen-bond donors (Lipinski definition) is 1. The van der Waals surface area contributed by atoms with E-state index >= 15 is 0 Å². The number of aryl methyl sites for hydroxylation is 1. The molecular formula is C16H15NO3S2. The van der Waals surface area contributed by atoms with E-state index in [4.69, 9.17) is 5.73 Å². The Labute approximate surface area is 133 Å². The van der Waals surface area contributed by atoms with Crippen LogP contribution in [0.25, 0.3) is 0 Å². The lowest BCUT2D eigenvalue weighted by molar-refractivity contribution is 0.0994. The predicted octanol–water partition coefficient (Wildman–Crippen LogP) is 2.95. The molecule has 3 rings (SSSR count). The summed E-state index contributed by atoms with van der Waals surface area (Å²) in [5.74, 6) is 0.157. The zero-order chi connectivity index (χ0) is 15.9. The highest BCUT2D eigenvalue weighted by atomic mass is 32.2. The first-order valence-corrected chi connectivity index (χ1v) is 9.49.